The first-order chi connectivity index (χ1) is 10.3. The number of anilines is 1. The van der Waals surface area contributed by atoms with E-state index in [1.165, 1.54) is 12.8 Å². The van der Waals surface area contributed by atoms with E-state index in [4.69, 9.17) is 9.72 Å². The fraction of sp³-hybridized carbons (Fsp3) is 0.600. The number of fused-ring (bicyclic) bond motifs is 1. The zero-order chi connectivity index (χ0) is 14.7. The molecule has 0 saturated carbocycles. The number of piperidine rings is 1. The Hall–Kier alpha value is -1.24. The minimum absolute atomic E-state index is 0.708. The second-order valence-corrected chi connectivity index (χ2v) is 6.45. The van der Waals surface area contributed by atoms with Crippen molar-refractivity contribution < 1.29 is 4.74 Å². The van der Waals surface area contributed by atoms with E-state index in [9.17, 15) is 0 Å². The molecule has 1 N–H and O–H groups in total. The van der Waals surface area contributed by atoms with Crippen molar-refractivity contribution in [1.82, 2.24) is 14.9 Å². The van der Waals surface area contributed by atoms with E-state index >= 15 is 0 Å². The molecule has 2 aromatic rings. The second-order valence-electron chi connectivity index (χ2n) is 5.55. The van der Waals surface area contributed by atoms with Crippen LogP contribution < -0.4 is 5.32 Å². The number of rotatable bonds is 5. The molecule has 1 aliphatic rings. The number of hydrogen-bond donors (Lipinski definition) is 1. The third kappa shape index (κ3) is 3.33. The molecule has 0 radical (unpaired) electrons. The summed E-state index contributed by atoms with van der Waals surface area (Å²) < 4.78 is 5.25. The highest BCUT2D eigenvalue weighted by Gasteiger charge is 2.20. The van der Waals surface area contributed by atoms with Crippen LogP contribution in [0.4, 0.5) is 5.82 Å². The molecule has 0 atom stereocenters. The number of nitrogens with one attached hydrogen (secondary N) is 1. The van der Waals surface area contributed by atoms with E-state index in [0.29, 0.717) is 5.92 Å². The molecule has 1 saturated heterocycles. The number of hydrogen-bond acceptors (Lipinski definition) is 6. The summed E-state index contributed by atoms with van der Waals surface area (Å²) in [5.41, 5.74) is 0. The predicted octanol–water partition coefficient (Wildman–Crippen LogP) is 2.59. The number of nitrogens with zero attached hydrogens (tertiary/aromatic N) is 3. The molecule has 3 rings (SSSR count). The molecule has 2 aromatic heterocycles. The van der Waals surface area contributed by atoms with Gasteiger partial charge in [0.1, 0.15) is 16.5 Å². The topological polar surface area (TPSA) is 50.3 Å². The first kappa shape index (κ1) is 14.7. The van der Waals surface area contributed by atoms with Gasteiger partial charge in [-0.1, -0.05) is 0 Å². The van der Waals surface area contributed by atoms with E-state index < -0.39 is 0 Å². The van der Waals surface area contributed by atoms with Gasteiger partial charge in [0.25, 0.3) is 0 Å². The summed E-state index contributed by atoms with van der Waals surface area (Å²) in [6, 6.07) is 2.08. The van der Waals surface area contributed by atoms with Crippen molar-refractivity contribution in [2.45, 2.75) is 19.4 Å². The van der Waals surface area contributed by atoms with Gasteiger partial charge in [0.05, 0.1) is 11.9 Å². The van der Waals surface area contributed by atoms with Crippen molar-refractivity contribution in [3.63, 3.8) is 0 Å². The molecule has 5 nitrogen and oxygen atoms in total. The Labute approximate surface area is 129 Å². The molecule has 0 aromatic carbocycles. The van der Waals surface area contributed by atoms with Crippen molar-refractivity contribution in [2.24, 2.45) is 5.92 Å². The molecule has 0 bridgehead atoms. The average Bonchev–Trinajstić information content (AvgIpc) is 2.97. The van der Waals surface area contributed by atoms with Crippen molar-refractivity contribution in [3.8, 4) is 0 Å². The molecule has 0 unspecified atom stereocenters. The van der Waals surface area contributed by atoms with E-state index in [1.807, 2.05) is 7.05 Å². The van der Waals surface area contributed by atoms with E-state index in [0.717, 1.165) is 48.1 Å². The highest BCUT2D eigenvalue weighted by Crippen LogP contribution is 2.25. The normalized spacial score (nSPS) is 17.4. The van der Waals surface area contributed by atoms with Gasteiger partial charge in [0.2, 0.25) is 0 Å². The third-order valence-corrected chi connectivity index (χ3v) is 4.89. The van der Waals surface area contributed by atoms with Crippen molar-refractivity contribution >= 4 is 27.4 Å². The van der Waals surface area contributed by atoms with E-state index in [-0.39, 0.29) is 0 Å². The van der Waals surface area contributed by atoms with Crippen LogP contribution in [0.2, 0.25) is 0 Å². The summed E-state index contributed by atoms with van der Waals surface area (Å²) >= 11 is 1.67. The maximum Gasteiger partial charge on any atom is 0.146 e. The fourth-order valence-corrected chi connectivity index (χ4v) is 3.69. The Kier molecular flexibility index (Phi) is 4.67. The lowest BCUT2D eigenvalue weighted by atomic mass is 9.98. The molecule has 0 spiro atoms. The molecule has 1 aliphatic heterocycles. The van der Waals surface area contributed by atoms with Crippen LogP contribution >= 0.6 is 11.3 Å². The first-order valence-corrected chi connectivity index (χ1v) is 8.31. The molecule has 3 heterocycles. The van der Waals surface area contributed by atoms with Gasteiger partial charge < -0.3 is 10.1 Å². The van der Waals surface area contributed by atoms with Crippen LogP contribution in [0.15, 0.2) is 11.4 Å². The van der Waals surface area contributed by atoms with Crippen LogP contribution in [-0.4, -0.2) is 48.7 Å². The number of thiophene rings is 1. The van der Waals surface area contributed by atoms with E-state index in [1.54, 1.807) is 18.4 Å². The van der Waals surface area contributed by atoms with Crippen LogP contribution in [0.1, 0.15) is 18.7 Å². The summed E-state index contributed by atoms with van der Waals surface area (Å²) in [7, 11) is 3.70. The standard InChI is InChI=1S/C15H22N4OS/c1-16-14-12-5-8-21-15(12)18-13(17-14)9-19-6-3-11(4-7-19)10-20-2/h5,8,11H,3-4,6-7,9-10H2,1-2H3,(H,16,17,18). The van der Waals surface area contributed by atoms with Gasteiger partial charge in [-0.15, -0.1) is 11.3 Å². The minimum Gasteiger partial charge on any atom is -0.384 e. The Bertz CT molecular complexity index is 592. The van der Waals surface area contributed by atoms with Crippen molar-refractivity contribution in [2.75, 3.05) is 39.2 Å². The third-order valence-electron chi connectivity index (χ3n) is 4.08. The lowest BCUT2D eigenvalue weighted by Crippen LogP contribution is -2.35. The van der Waals surface area contributed by atoms with Crippen LogP contribution in [0.5, 0.6) is 0 Å². The molecule has 114 valence electrons. The summed E-state index contributed by atoms with van der Waals surface area (Å²) in [4.78, 5) is 12.9. The molecule has 0 amide bonds. The monoisotopic (exact) mass is 306 g/mol. The number of methoxy groups -OCH3 is 1. The summed E-state index contributed by atoms with van der Waals surface area (Å²) in [5, 5.41) is 6.36. The summed E-state index contributed by atoms with van der Waals surface area (Å²) in [5.74, 6) is 2.56. The first-order valence-electron chi connectivity index (χ1n) is 7.43. The molecular formula is C15H22N4OS. The van der Waals surface area contributed by atoms with Crippen LogP contribution in [0.3, 0.4) is 0 Å². The van der Waals surface area contributed by atoms with E-state index in [2.05, 4.69) is 26.6 Å². The Morgan fingerprint density at radius 3 is 2.90 bits per heavy atom. The molecule has 6 heteroatoms. The van der Waals surface area contributed by atoms with Crippen molar-refractivity contribution in [3.05, 3.63) is 17.3 Å². The van der Waals surface area contributed by atoms with Gasteiger partial charge in [-0.25, -0.2) is 9.97 Å². The predicted molar refractivity (Wildman–Crippen MR) is 86.8 cm³/mol. The van der Waals surface area contributed by atoms with Crippen LogP contribution in [-0.2, 0) is 11.3 Å². The number of likely N-dealkylation sites (tertiary alicyclic amines) is 1. The second kappa shape index (κ2) is 6.68. The lowest BCUT2D eigenvalue weighted by Gasteiger charge is -2.31. The van der Waals surface area contributed by atoms with Crippen LogP contribution in [0.25, 0.3) is 10.2 Å². The largest absolute Gasteiger partial charge is 0.384 e. The van der Waals surface area contributed by atoms with Gasteiger partial charge in [-0.05, 0) is 43.3 Å². The number of aromatic nitrogens is 2. The maximum absolute atomic E-state index is 5.25. The minimum atomic E-state index is 0.708. The molecule has 1 fully saturated rings. The van der Waals surface area contributed by atoms with Gasteiger partial charge in [-0.3, -0.25) is 4.90 Å². The molecular weight excluding hydrogens is 284 g/mol. The Balaban J connectivity index is 1.68. The highest BCUT2D eigenvalue weighted by atomic mass is 32.1. The zero-order valence-corrected chi connectivity index (χ0v) is 13.4. The van der Waals surface area contributed by atoms with Gasteiger partial charge >= 0.3 is 0 Å². The fourth-order valence-electron chi connectivity index (χ4n) is 2.91. The van der Waals surface area contributed by atoms with Crippen molar-refractivity contribution in [1.29, 1.82) is 0 Å². The molecule has 0 aliphatic carbocycles. The van der Waals surface area contributed by atoms with Gasteiger partial charge in [-0.2, -0.15) is 0 Å². The number of ether oxygens (including phenoxy) is 1. The highest BCUT2D eigenvalue weighted by molar-refractivity contribution is 7.16. The van der Waals surface area contributed by atoms with Gasteiger partial charge in [0, 0.05) is 20.8 Å². The summed E-state index contributed by atoms with van der Waals surface area (Å²) in [6.45, 7) is 3.93. The molecule has 21 heavy (non-hydrogen) atoms. The lowest BCUT2D eigenvalue weighted by molar-refractivity contribution is 0.0958. The maximum atomic E-state index is 5.25. The SMILES string of the molecule is CNc1nc(CN2CCC(COC)CC2)nc2sccc12. The van der Waals surface area contributed by atoms with Crippen LogP contribution in [0, 0.1) is 5.92 Å². The summed E-state index contributed by atoms with van der Waals surface area (Å²) in [6.07, 6.45) is 2.40. The smallest absolute Gasteiger partial charge is 0.146 e. The van der Waals surface area contributed by atoms with Gasteiger partial charge in [0.15, 0.2) is 0 Å². The Morgan fingerprint density at radius 2 is 2.19 bits per heavy atom. The average molecular weight is 306 g/mol. The Morgan fingerprint density at radius 1 is 1.38 bits per heavy atom. The zero-order valence-electron chi connectivity index (χ0n) is 12.6. The quantitative estimate of drug-likeness (QED) is 0.920.